The summed E-state index contributed by atoms with van der Waals surface area (Å²) in [6.07, 6.45) is 4.83. The van der Waals surface area contributed by atoms with Crippen LogP contribution in [0.3, 0.4) is 0 Å². The first-order valence-electron chi connectivity index (χ1n) is 10.4. The Labute approximate surface area is 172 Å². The number of carbonyl (C=O) groups is 1. The lowest BCUT2D eigenvalue weighted by atomic mass is 10.0. The van der Waals surface area contributed by atoms with Crippen LogP contribution in [0.4, 0.5) is 4.79 Å². The molecule has 3 heterocycles. The Morgan fingerprint density at radius 1 is 1.03 bits per heavy atom. The third-order valence-electron chi connectivity index (χ3n) is 6.01. The van der Waals surface area contributed by atoms with Gasteiger partial charge in [-0.2, -0.15) is 0 Å². The number of aromatic nitrogens is 2. The molecule has 1 aromatic carbocycles. The number of fused-ring (bicyclic) bond motifs is 2. The van der Waals surface area contributed by atoms with Crippen molar-refractivity contribution in [3.63, 3.8) is 0 Å². The van der Waals surface area contributed by atoms with Gasteiger partial charge >= 0.3 is 6.09 Å². The number of carbonyl (C=O) groups excluding carboxylic acids is 1. The van der Waals surface area contributed by atoms with Crippen LogP contribution in [0.15, 0.2) is 42.7 Å². The molecule has 29 heavy (non-hydrogen) atoms. The minimum atomic E-state index is -0.334. The zero-order valence-electron chi connectivity index (χ0n) is 17.7. The van der Waals surface area contributed by atoms with E-state index < -0.39 is 0 Å². The van der Waals surface area contributed by atoms with E-state index in [1.165, 1.54) is 11.1 Å². The average molecular weight is 392 g/mol. The molecule has 1 atom stereocenters. The van der Waals surface area contributed by atoms with Gasteiger partial charge in [-0.3, -0.25) is 4.98 Å². The molecule has 1 aliphatic rings. The largest absolute Gasteiger partial charge is 0.441 e. The summed E-state index contributed by atoms with van der Waals surface area (Å²) in [4.78, 5) is 19.6. The summed E-state index contributed by atoms with van der Waals surface area (Å²) in [5, 5.41) is 1.10. The third kappa shape index (κ3) is 3.92. The molecule has 0 bridgehead atoms. The van der Waals surface area contributed by atoms with Gasteiger partial charge in [-0.25, -0.2) is 9.36 Å². The first-order valence-corrected chi connectivity index (χ1v) is 10.4. The maximum Gasteiger partial charge on any atom is 0.419 e. The third-order valence-corrected chi connectivity index (χ3v) is 6.01. The van der Waals surface area contributed by atoms with Gasteiger partial charge in [0.25, 0.3) is 0 Å². The maximum atomic E-state index is 13.0. The molecule has 4 rings (SSSR count). The summed E-state index contributed by atoms with van der Waals surface area (Å²) in [5.41, 5.74) is 5.51. The summed E-state index contributed by atoms with van der Waals surface area (Å²) in [7, 11) is 0. The average Bonchev–Trinajstić information content (AvgIpc) is 2.87. The molecule has 152 valence electrons. The molecule has 0 fully saturated rings. The molecule has 3 aromatic rings. The van der Waals surface area contributed by atoms with E-state index in [0.29, 0.717) is 6.04 Å². The van der Waals surface area contributed by atoms with Gasteiger partial charge in [-0.1, -0.05) is 0 Å². The van der Waals surface area contributed by atoms with Gasteiger partial charge in [-0.05, 0) is 87.6 Å². The van der Waals surface area contributed by atoms with E-state index in [-0.39, 0.29) is 12.2 Å². The number of benzene rings is 1. The standard InChI is InChI=1S/C24H29N3O2/c1-16(2)26-11-7-20-14-22-13-17(3)27(23(22)15-21(20)8-12-26)24(28)29-18(4)19-5-9-25-10-6-19/h5-6,9-10,13-16,18H,7-8,11-12H2,1-4H3. The molecule has 0 saturated carbocycles. The first kappa shape index (κ1) is 19.6. The molecule has 0 radical (unpaired) electrons. The van der Waals surface area contributed by atoms with Crippen molar-refractivity contribution in [2.45, 2.75) is 52.7 Å². The predicted octanol–water partition coefficient (Wildman–Crippen LogP) is 4.90. The fourth-order valence-corrected chi connectivity index (χ4v) is 4.25. The molecule has 1 unspecified atom stereocenters. The highest BCUT2D eigenvalue weighted by atomic mass is 16.6. The quantitative estimate of drug-likeness (QED) is 0.637. The van der Waals surface area contributed by atoms with Crippen molar-refractivity contribution in [3.8, 4) is 0 Å². The number of nitrogens with zero attached hydrogens (tertiary/aromatic N) is 3. The van der Waals surface area contributed by atoms with Crippen LogP contribution in [-0.2, 0) is 17.6 Å². The Kier molecular flexibility index (Phi) is 5.41. The lowest BCUT2D eigenvalue weighted by molar-refractivity contribution is 0.109. The monoisotopic (exact) mass is 391 g/mol. The van der Waals surface area contributed by atoms with E-state index in [4.69, 9.17) is 4.74 Å². The van der Waals surface area contributed by atoms with Crippen molar-refractivity contribution in [1.29, 1.82) is 0 Å². The van der Waals surface area contributed by atoms with Crippen LogP contribution in [0.5, 0.6) is 0 Å². The number of pyridine rings is 1. The highest BCUT2D eigenvalue weighted by Crippen LogP contribution is 2.28. The first-order chi connectivity index (χ1) is 13.9. The van der Waals surface area contributed by atoms with E-state index >= 15 is 0 Å². The summed E-state index contributed by atoms with van der Waals surface area (Å²) in [6, 6.07) is 10.8. The predicted molar refractivity (Wildman–Crippen MR) is 115 cm³/mol. The molecule has 5 nitrogen and oxygen atoms in total. The minimum absolute atomic E-state index is 0.331. The van der Waals surface area contributed by atoms with Crippen LogP contribution in [-0.4, -0.2) is 39.7 Å². The Balaban J connectivity index is 1.64. The van der Waals surface area contributed by atoms with Crippen molar-refractivity contribution in [2.75, 3.05) is 13.1 Å². The van der Waals surface area contributed by atoms with Gasteiger partial charge in [0.15, 0.2) is 0 Å². The molecule has 0 amide bonds. The number of ether oxygens (including phenoxy) is 1. The normalized spacial score (nSPS) is 15.9. The number of hydrogen-bond donors (Lipinski definition) is 0. The maximum absolute atomic E-state index is 13.0. The highest BCUT2D eigenvalue weighted by Gasteiger charge is 2.21. The van der Waals surface area contributed by atoms with Gasteiger partial charge < -0.3 is 9.64 Å². The second-order valence-electron chi connectivity index (χ2n) is 8.24. The van der Waals surface area contributed by atoms with Gasteiger partial charge in [0.1, 0.15) is 6.10 Å². The summed E-state index contributed by atoms with van der Waals surface area (Å²) in [5.74, 6) is 0. The van der Waals surface area contributed by atoms with Crippen molar-refractivity contribution in [2.24, 2.45) is 0 Å². The Morgan fingerprint density at radius 2 is 1.69 bits per heavy atom. The van der Waals surface area contributed by atoms with Crippen molar-refractivity contribution >= 4 is 17.0 Å². The van der Waals surface area contributed by atoms with Crippen LogP contribution in [0, 0.1) is 6.92 Å². The second kappa shape index (κ2) is 7.99. The van der Waals surface area contributed by atoms with Crippen LogP contribution in [0.25, 0.3) is 10.9 Å². The SMILES string of the molecule is Cc1cc2cc3c(cc2n1C(=O)OC(C)c1ccncc1)CCN(C(C)C)CC3. The van der Waals surface area contributed by atoms with Crippen LogP contribution >= 0.6 is 0 Å². The summed E-state index contributed by atoms with van der Waals surface area (Å²) in [6.45, 7) is 10.5. The fourth-order valence-electron chi connectivity index (χ4n) is 4.25. The zero-order chi connectivity index (χ0) is 20.5. The number of hydrogen-bond acceptors (Lipinski definition) is 4. The van der Waals surface area contributed by atoms with Crippen molar-refractivity contribution in [3.05, 3.63) is 65.1 Å². The minimum Gasteiger partial charge on any atom is -0.441 e. The molecule has 0 N–H and O–H groups in total. The van der Waals surface area contributed by atoms with E-state index in [2.05, 4.69) is 41.9 Å². The lowest BCUT2D eigenvalue weighted by Gasteiger charge is -2.23. The lowest BCUT2D eigenvalue weighted by Crippen LogP contribution is -2.32. The molecule has 0 spiro atoms. The number of aryl methyl sites for hydroxylation is 1. The van der Waals surface area contributed by atoms with Crippen LogP contribution in [0.2, 0.25) is 0 Å². The summed E-state index contributed by atoms with van der Waals surface area (Å²) < 4.78 is 7.48. The number of rotatable bonds is 3. The van der Waals surface area contributed by atoms with Gasteiger partial charge in [0, 0.05) is 42.6 Å². The Morgan fingerprint density at radius 3 is 2.34 bits per heavy atom. The van der Waals surface area contributed by atoms with Gasteiger partial charge in [0.2, 0.25) is 0 Å². The molecule has 0 aliphatic carbocycles. The van der Waals surface area contributed by atoms with E-state index in [1.807, 2.05) is 26.0 Å². The fraction of sp³-hybridized carbons (Fsp3) is 0.417. The summed E-state index contributed by atoms with van der Waals surface area (Å²) >= 11 is 0. The second-order valence-corrected chi connectivity index (χ2v) is 8.24. The molecule has 2 aromatic heterocycles. The van der Waals surface area contributed by atoms with E-state index in [9.17, 15) is 4.79 Å². The van der Waals surface area contributed by atoms with Crippen LogP contribution < -0.4 is 0 Å². The smallest absolute Gasteiger partial charge is 0.419 e. The molecule has 0 saturated heterocycles. The van der Waals surface area contributed by atoms with Crippen molar-refractivity contribution in [1.82, 2.24) is 14.5 Å². The van der Waals surface area contributed by atoms with E-state index in [0.717, 1.165) is 48.1 Å². The van der Waals surface area contributed by atoms with Gasteiger partial charge in [-0.15, -0.1) is 0 Å². The topological polar surface area (TPSA) is 47.4 Å². The molecule has 5 heteroatoms. The molecular weight excluding hydrogens is 362 g/mol. The Hall–Kier alpha value is -2.66. The van der Waals surface area contributed by atoms with Crippen LogP contribution in [0.1, 0.15) is 49.3 Å². The zero-order valence-corrected chi connectivity index (χ0v) is 17.7. The van der Waals surface area contributed by atoms with Gasteiger partial charge in [0.05, 0.1) is 5.52 Å². The van der Waals surface area contributed by atoms with Crippen molar-refractivity contribution < 1.29 is 9.53 Å². The Bertz CT molecular complexity index is 1020. The highest BCUT2D eigenvalue weighted by molar-refractivity contribution is 5.92. The molecule has 1 aliphatic heterocycles. The molecular formula is C24H29N3O2. The van der Waals surface area contributed by atoms with E-state index in [1.54, 1.807) is 17.0 Å².